The third-order valence-electron chi connectivity index (χ3n) is 7.52. The van der Waals surface area contributed by atoms with Gasteiger partial charge < -0.3 is 9.31 Å². The molecule has 1 aliphatic heterocycles. The van der Waals surface area contributed by atoms with Crippen LogP contribution in [-0.2, 0) is 9.31 Å². The molecule has 35 heavy (non-hydrogen) atoms. The molecule has 4 heteroatoms. The van der Waals surface area contributed by atoms with Gasteiger partial charge in [0.15, 0.2) is 0 Å². The molecule has 1 aromatic heterocycles. The Labute approximate surface area is 206 Å². The third-order valence-corrected chi connectivity index (χ3v) is 7.52. The van der Waals surface area contributed by atoms with E-state index >= 15 is 0 Å². The van der Waals surface area contributed by atoms with Gasteiger partial charge in [0.25, 0.3) is 0 Å². The normalized spacial score (nSPS) is 16.7. The number of hydrogen-bond donors (Lipinski definition) is 0. The Morgan fingerprint density at radius 1 is 0.600 bits per heavy atom. The molecule has 5 aromatic rings. The lowest BCUT2D eigenvalue weighted by molar-refractivity contribution is 0.00578. The first-order valence-corrected chi connectivity index (χ1v) is 12.2. The van der Waals surface area contributed by atoms with Crippen LogP contribution in [0.15, 0.2) is 97.1 Å². The minimum atomic E-state index is -0.485. The second kappa shape index (κ2) is 8.05. The fourth-order valence-electron chi connectivity index (χ4n) is 4.93. The Hall–Kier alpha value is -3.47. The van der Waals surface area contributed by atoms with Gasteiger partial charge >= 0.3 is 7.12 Å². The second-order valence-electron chi connectivity index (χ2n) is 10.3. The van der Waals surface area contributed by atoms with Crippen LogP contribution in [-0.4, -0.2) is 23.3 Å². The van der Waals surface area contributed by atoms with Crippen molar-refractivity contribution in [3.05, 3.63) is 97.1 Å². The zero-order valence-corrected chi connectivity index (χ0v) is 20.6. The van der Waals surface area contributed by atoms with Crippen LogP contribution in [0.25, 0.3) is 44.1 Å². The summed E-state index contributed by atoms with van der Waals surface area (Å²) in [5.41, 5.74) is 5.47. The van der Waals surface area contributed by atoms with Crippen LogP contribution in [0.2, 0.25) is 0 Å². The molecule has 0 atom stereocenters. The average Bonchev–Trinajstić information content (AvgIpc) is 3.10. The van der Waals surface area contributed by atoms with E-state index in [4.69, 9.17) is 14.3 Å². The molecule has 2 heterocycles. The predicted molar refractivity (Wildman–Crippen MR) is 146 cm³/mol. The average molecular weight is 457 g/mol. The topological polar surface area (TPSA) is 31.4 Å². The molecule has 4 aromatic carbocycles. The number of fused-ring (bicyclic) bond motifs is 3. The zero-order chi connectivity index (χ0) is 24.2. The lowest BCUT2D eigenvalue weighted by atomic mass is 9.76. The summed E-state index contributed by atoms with van der Waals surface area (Å²) in [7, 11) is -0.485. The van der Waals surface area contributed by atoms with Gasteiger partial charge in [-0.1, -0.05) is 97.1 Å². The molecule has 0 N–H and O–H groups in total. The van der Waals surface area contributed by atoms with Gasteiger partial charge in [0.2, 0.25) is 0 Å². The first-order chi connectivity index (χ1) is 16.9. The quantitative estimate of drug-likeness (QED) is 0.216. The number of hydrogen-bond acceptors (Lipinski definition) is 3. The molecule has 0 spiro atoms. The minimum Gasteiger partial charge on any atom is -0.399 e. The molecule has 0 amide bonds. The number of pyridine rings is 1. The second-order valence-corrected chi connectivity index (χ2v) is 10.3. The summed E-state index contributed by atoms with van der Waals surface area (Å²) in [5, 5.41) is 3.43. The molecule has 0 saturated carbocycles. The van der Waals surface area contributed by atoms with Crippen molar-refractivity contribution in [1.29, 1.82) is 0 Å². The number of aromatic nitrogens is 1. The van der Waals surface area contributed by atoms with Crippen LogP contribution in [0.3, 0.4) is 0 Å². The first-order valence-electron chi connectivity index (χ1n) is 12.2. The summed E-state index contributed by atoms with van der Waals surface area (Å²) in [4.78, 5) is 5.29. The van der Waals surface area contributed by atoms with Gasteiger partial charge in [0.1, 0.15) is 0 Å². The molecule has 1 fully saturated rings. The van der Waals surface area contributed by atoms with Crippen molar-refractivity contribution in [2.24, 2.45) is 0 Å². The van der Waals surface area contributed by atoms with E-state index in [2.05, 4.69) is 119 Å². The van der Waals surface area contributed by atoms with Crippen molar-refractivity contribution < 1.29 is 9.31 Å². The number of rotatable bonds is 3. The standard InChI is InChI=1S/C31H28BNO2/c1-30(2)31(3,4)35-32(34-30)26-20-12-19-25-27-23(21-13-7-5-8-14-21)17-11-18-24(27)28(33-29(25)26)22-15-9-6-10-16-22/h5-20H,1-4H3. The van der Waals surface area contributed by atoms with Gasteiger partial charge in [-0.3, -0.25) is 0 Å². The smallest absolute Gasteiger partial charge is 0.399 e. The first kappa shape index (κ1) is 22.0. The monoisotopic (exact) mass is 457 g/mol. The summed E-state index contributed by atoms with van der Waals surface area (Å²) in [6.07, 6.45) is 0. The maximum absolute atomic E-state index is 6.47. The van der Waals surface area contributed by atoms with Crippen molar-refractivity contribution in [2.75, 3.05) is 0 Å². The summed E-state index contributed by atoms with van der Waals surface area (Å²) in [5.74, 6) is 0. The molecule has 0 aliphatic carbocycles. The highest BCUT2D eigenvalue weighted by atomic mass is 16.7. The fraction of sp³-hybridized carbons (Fsp3) is 0.194. The van der Waals surface area contributed by atoms with E-state index in [-0.39, 0.29) is 0 Å². The Bertz CT molecular complexity index is 1530. The highest BCUT2D eigenvalue weighted by Gasteiger charge is 2.52. The summed E-state index contributed by atoms with van der Waals surface area (Å²) in [6, 6.07) is 33.8. The molecule has 6 rings (SSSR count). The van der Waals surface area contributed by atoms with Crippen LogP contribution < -0.4 is 5.46 Å². The van der Waals surface area contributed by atoms with E-state index in [1.807, 2.05) is 6.07 Å². The van der Waals surface area contributed by atoms with Crippen molar-refractivity contribution in [1.82, 2.24) is 4.98 Å². The highest BCUT2D eigenvalue weighted by molar-refractivity contribution is 6.65. The van der Waals surface area contributed by atoms with Gasteiger partial charge in [-0.05, 0) is 38.8 Å². The molecular weight excluding hydrogens is 429 g/mol. The van der Waals surface area contributed by atoms with Crippen molar-refractivity contribution >= 4 is 34.3 Å². The van der Waals surface area contributed by atoms with Crippen molar-refractivity contribution in [2.45, 2.75) is 38.9 Å². The van der Waals surface area contributed by atoms with E-state index in [1.54, 1.807) is 0 Å². The molecule has 0 bridgehead atoms. The summed E-state index contributed by atoms with van der Waals surface area (Å²) < 4.78 is 12.9. The number of para-hydroxylation sites is 1. The van der Waals surface area contributed by atoms with Crippen molar-refractivity contribution in [3.63, 3.8) is 0 Å². The molecule has 3 nitrogen and oxygen atoms in total. The Morgan fingerprint density at radius 2 is 1.17 bits per heavy atom. The molecule has 0 unspecified atom stereocenters. The Morgan fingerprint density at radius 3 is 1.83 bits per heavy atom. The number of nitrogens with zero attached hydrogens (tertiary/aromatic N) is 1. The van der Waals surface area contributed by atoms with E-state index in [9.17, 15) is 0 Å². The van der Waals surface area contributed by atoms with Gasteiger partial charge in [0, 0.05) is 27.2 Å². The number of benzene rings is 4. The summed E-state index contributed by atoms with van der Waals surface area (Å²) in [6.45, 7) is 8.35. The van der Waals surface area contributed by atoms with E-state index < -0.39 is 18.3 Å². The van der Waals surface area contributed by atoms with Gasteiger partial charge in [-0.15, -0.1) is 0 Å². The highest BCUT2D eigenvalue weighted by Crippen LogP contribution is 2.40. The largest absolute Gasteiger partial charge is 0.497 e. The maximum atomic E-state index is 6.47. The zero-order valence-electron chi connectivity index (χ0n) is 20.6. The Balaban J connectivity index is 1.70. The molecule has 172 valence electrons. The third kappa shape index (κ3) is 3.56. The Kier molecular flexibility index (Phi) is 5.06. The predicted octanol–water partition coefficient (Wildman–Crippen LogP) is 7.02. The lowest BCUT2D eigenvalue weighted by Gasteiger charge is -2.32. The van der Waals surface area contributed by atoms with Crippen LogP contribution >= 0.6 is 0 Å². The van der Waals surface area contributed by atoms with Crippen LogP contribution in [0, 0.1) is 0 Å². The SMILES string of the molecule is CC1(C)OB(c2cccc3c2nc(-c2ccccc2)c2cccc(-c4ccccc4)c23)OC1(C)C. The van der Waals surface area contributed by atoms with E-state index in [1.165, 1.54) is 16.5 Å². The fourth-order valence-corrected chi connectivity index (χ4v) is 4.93. The molecule has 0 radical (unpaired) electrons. The van der Waals surface area contributed by atoms with Crippen molar-refractivity contribution in [3.8, 4) is 22.4 Å². The molecular formula is C31H28BNO2. The van der Waals surface area contributed by atoms with Crippen LogP contribution in [0.4, 0.5) is 0 Å². The maximum Gasteiger partial charge on any atom is 0.497 e. The van der Waals surface area contributed by atoms with Crippen LogP contribution in [0.1, 0.15) is 27.7 Å². The minimum absolute atomic E-state index is 0.422. The lowest BCUT2D eigenvalue weighted by Crippen LogP contribution is -2.41. The molecule has 1 aliphatic rings. The van der Waals surface area contributed by atoms with E-state index in [0.29, 0.717) is 0 Å². The summed E-state index contributed by atoms with van der Waals surface area (Å²) >= 11 is 0. The van der Waals surface area contributed by atoms with E-state index in [0.717, 1.165) is 33.0 Å². The van der Waals surface area contributed by atoms with Gasteiger partial charge in [-0.2, -0.15) is 0 Å². The molecule has 1 saturated heterocycles. The van der Waals surface area contributed by atoms with Gasteiger partial charge in [0.05, 0.1) is 22.4 Å². The van der Waals surface area contributed by atoms with Gasteiger partial charge in [-0.25, -0.2) is 4.98 Å². The van der Waals surface area contributed by atoms with Crippen LogP contribution in [0.5, 0.6) is 0 Å².